The molecule has 0 spiro atoms. The summed E-state index contributed by atoms with van der Waals surface area (Å²) in [5.74, 6) is 0.971. The Bertz CT molecular complexity index is 644. The van der Waals surface area contributed by atoms with E-state index < -0.39 is 0 Å². The highest BCUT2D eigenvalue weighted by Gasteiger charge is 2.28. The smallest absolute Gasteiger partial charge is 0.325 e. The fourth-order valence-corrected chi connectivity index (χ4v) is 3.13. The maximum atomic E-state index is 12.2. The van der Waals surface area contributed by atoms with Gasteiger partial charge in [-0.05, 0) is 30.9 Å². The summed E-state index contributed by atoms with van der Waals surface area (Å²) in [6.45, 7) is 2.76. The molecule has 3 rings (SSSR count). The Morgan fingerprint density at radius 3 is 2.54 bits per heavy atom. The van der Waals surface area contributed by atoms with E-state index in [2.05, 4.69) is 10.6 Å². The number of urea groups is 2. The summed E-state index contributed by atoms with van der Waals surface area (Å²) in [5, 5.41) is 5.41. The average molecular weight is 360 g/mol. The molecule has 2 aliphatic heterocycles. The van der Waals surface area contributed by atoms with Crippen LogP contribution >= 0.6 is 0 Å². The number of hydrogen-bond acceptors (Lipinski definition) is 4. The molecule has 2 aliphatic rings. The van der Waals surface area contributed by atoms with Crippen molar-refractivity contribution in [3.63, 3.8) is 0 Å². The summed E-state index contributed by atoms with van der Waals surface area (Å²) in [6.07, 6.45) is 1.65. The Hall–Kier alpha value is -2.77. The van der Waals surface area contributed by atoms with Crippen molar-refractivity contribution in [2.24, 2.45) is 5.92 Å². The zero-order valence-electron chi connectivity index (χ0n) is 14.6. The summed E-state index contributed by atoms with van der Waals surface area (Å²) >= 11 is 0. The van der Waals surface area contributed by atoms with Gasteiger partial charge in [0, 0.05) is 32.7 Å². The molecule has 0 unspecified atom stereocenters. The van der Waals surface area contributed by atoms with E-state index in [1.165, 1.54) is 4.90 Å². The molecule has 8 heteroatoms. The molecule has 5 amide bonds. The molecule has 8 nitrogen and oxygen atoms in total. The molecule has 2 N–H and O–H groups in total. The molecule has 26 heavy (non-hydrogen) atoms. The number of para-hydroxylation sites is 1. The van der Waals surface area contributed by atoms with E-state index in [1.54, 1.807) is 4.90 Å². The number of ether oxygens (including phenoxy) is 1. The fourth-order valence-electron chi connectivity index (χ4n) is 3.13. The van der Waals surface area contributed by atoms with E-state index in [0.29, 0.717) is 44.4 Å². The zero-order valence-corrected chi connectivity index (χ0v) is 14.6. The molecule has 2 saturated heterocycles. The van der Waals surface area contributed by atoms with Crippen molar-refractivity contribution in [1.29, 1.82) is 0 Å². The van der Waals surface area contributed by atoms with Crippen LogP contribution in [0.1, 0.15) is 12.8 Å². The van der Waals surface area contributed by atoms with Crippen LogP contribution in [0.15, 0.2) is 30.3 Å². The molecular formula is C18H24N4O4. The second-order valence-electron chi connectivity index (χ2n) is 6.50. The normalized spacial score (nSPS) is 17.8. The van der Waals surface area contributed by atoms with Gasteiger partial charge in [-0.3, -0.25) is 4.79 Å². The van der Waals surface area contributed by atoms with Gasteiger partial charge in [0.2, 0.25) is 0 Å². The third-order valence-electron chi connectivity index (χ3n) is 4.72. The first-order chi connectivity index (χ1) is 12.6. The minimum Gasteiger partial charge on any atom is -0.484 e. The number of amides is 5. The number of likely N-dealkylation sites (tertiary alicyclic amines) is 1. The lowest BCUT2D eigenvalue weighted by Crippen LogP contribution is -2.46. The Labute approximate surface area is 152 Å². The first kappa shape index (κ1) is 18.0. The first-order valence-corrected chi connectivity index (χ1v) is 8.92. The monoisotopic (exact) mass is 360 g/mol. The molecule has 0 saturated carbocycles. The van der Waals surface area contributed by atoms with Crippen molar-refractivity contribution in [3.8, 4) is 5.75 Å². The number of nitrogens with zero attached hydrogens (tertiary/aromatic N) is 2. The summed E-state index contributed by atoms with van der Waals surface area (Å²) in [5.41, 5.74) is 0. The molecule has 1 aromatic carbocycles. The van der Waals surface area contributed by atoms with Crippen LogP contribution in [-0.4, -0.2) is 67.1 Å². The highest BCUT2D eigenvalue weighted by atomic mass is 16.5. The van der Waals surface area contributed by atoms with E-state index in [4.69, 9.17) is 4.74 Å². The van der Waals surface area contributed by atoms with Crippen molar-refractivity contribution in [3.05, 3.63) is 30.3 Å². The first-order valence-electron chi connectivity index (χ1n) is 8.92. The van der Waals surface area contributed by atoms with Gasteiger partial charge in [0.15, 0.2) is 6.61 Å². The van der Waals surface area contributed by atoms with Crippen LogP contribution in [0, 0.1) is 5.92 Å². The summed E-state index contributed by atoms with van der Waals surface area (Å²) in [6, 6.07) is 8.58. The lowest BCUT2D eigenvalue weighted by molar-refractivity contribution is -0.134. The van der Waals surface area contributed by atoms with Crippen LogP contribution in [0.25, 0.3) is 0 Å². The number of imide groups is 1. The van der Waals surface area contributed by atoms with Crippen molar-refractivity contribution in [1.82, 2.24) is 20.4 Å². The Morgan fingerprint density at radius 1 is 1.15 bits per heavy atom. The van der Waals surface area contributed by atoms with Gasteiger partial charge in [0.1, 0.15) is 5.75 Å². The van der Waals surface area contributed by atoms with Gasteiger partial charge in [-0.2, -0.15) is 0 Å². The predicted octanol–water partition coefficient (Wildman–Crippen LogP) is 1.04. The van der Waals surface area contributed by atoms with Gasteiger partial charge < -0.3 is 20.3 Å². The fraction of sp³-hybridized carbons (Fsp3) is 0.500. The average Bonchev–Trinajstić information content (AvgIpc) is 3.11. The molecule has 2 heterocycles. The van der Waals surface area contributed by atoms with Gasteiger partial charge in [0.05, 0.1) is 0 Å². The molecular weight excluding hydrogens is 336 g/mol. The maximum absolute atomic E-state index is 12.2. The SMILES string of the molecule is O=C(COc1ccccc1)N1CCC(CNC(=O)N2CCNC2=O)CC1. The van der Waals surface area contributed by atoms with E-state index in [9.17, 15) is 14.4 Å². The minimum absolute atomic E-state index is 0.0231. The Morgan fingerprint density at radius 2 is 1.88 bits per heavy atom. The van der Waals surface area contributed by atoms with E-state index in [0.717, 1.165) is 12.8 Å². The highest BCUT2D eigenvalue weighted by Crippen LogP contribution is 2.17. The third kappa shape index (κ3) is 4.65. The lowest BCUT2D eigenvalue weighted by Gasteiger charge is -2.32. The van der Waals surface area contributed by atoms with Crippen molar-refractivity contribution >= 4 is 18.0 Å². The quantitative estimate of drug-likeness (QED) is 0.821. The van der Waals surface area contributed by atoms with Crippen LogP contribution in [0.5, 0.6) is 5.75 Å². The van der Waals surface area contributed by atoms with Crippen molar-refractivity contribution < 1.29 is 19.1 Å². The Balaban J connectivity index is 1.35. The third-order valence-corrected chi connectivity index (χ3v) is 4.72. The largest absolute Gasteiger partial charge is 0.484 e. The number of hydrogen-bond donors (Lipinski definition) is 2. The summed E-state index contributed by atoms with van der Waals surface area (Å²) in [4.78, 5) is 38.6. The molecule has 0 radical (unpaired) electrons. The van der Waals surface area contributed by atoms with Crippen molar-refractivity contribution in [2.75, 3.05) is 39.3 Å². The number of carbonyl (C=O) groups is 3. The van der Waals surface area contributed by atoms with Crippen LogP contribution in [0.3, 0.4) is 0 Å². The van der Waals surface area contributed by atoms with Gasteiger partial charge in [-0.25, -0.2) is 14.5 Å². The number of carbonyl (C=O) groups excluding carboxylic acids is 3. The van der Waals surface area contributed by atoms with Gasteiger partial charge >= 0.3 is 12.1 Å². The second-order valence-corrected chi connectivity index (χ2v) is 6.50. The molecule has 0 aromatic heterocycles. The van der Waals surface area contributed by atoms with Crippen LogP contribution < -0.4 is 15.4 Å². The van der Waals surface area contributed by atoms with Gasteiger partial charge in [0.25, 0.3) is 5.91 Å². The van der Waals surface area contributed by atoms with E-state index in [1.807, 2.05) is 30.3 Å². The van der Waals surface area contributed by atoms with E-state index in [-0.39, 0.29) is 24.6 Å². The number of nitrogens with one attached hydrogen (secondary N) is 2. The van der Waals surface area contributed by atoms with Crippen molar-refractivity contribution in [2.45, 2.75) is 12.8 Å². The zero-order chi connectivity index (χ0) is 18.4. The molecule has 2 fully saturated rings. The molecule has 1 aromatic rings. The molecule has 0 bridgehead atoms. The highest BCUT2D eigenvalue weighted by molar-refractivity contribution is 5.94. The van der Waals surface area contributed by atoms with E-state index >= 15 is 0 Å². The molecule has 0 aliphatic carbocycles. The van der Waals surface area contributed by atoms with Crippen LogP contribution in [0.4, 0.5) is 9.59 Å². The van der Waals surface area contributed by atoms with Crippen LogP contribution in [0.2, 0.25) is 0 Å². The van der Waals surface area contributed by atoms with Gasteiger partial charge in [-0.1, -0.05) is 18.2 Å². The number of rotatable bonds is 5. The standard InChI is InChI=1S/C18H24N4O4/c23-16(13-26-15-4-2-1-3-5-15)21-9-6-14(7-10-21)12-20-18(25)22-11-8-19-17(22)24/h1-5,14H,6-13H2,(H,19,24)(H,20,25). The summed E-state index contributed by atoms with van der Waals surface area (Å²) < 4.78 is 5.50. The topological polar surface area (TPSA) is 91.0 Å². The predicted molar refractivity (Wildman–Crippen MR) is 94.7 cm³/mol. The van der Waals surface area contributed by atoms with Crippen LogP contribution in [-0.2, 0) is 4.79 Å². The lowest BCUT2D eigenvalue weighted by atomic mass is 9.97. The number of piperidine rings is 1. The number of benzene rings is 1. The second kappa shape index (κ2) is 8.55. The maximum Gasteiger partial charge on any atom is 0.325 e. The molecule has 140 valence electrons. The molecule has 0 atom stereocenters. The minimum atomic E-state index is -0.352. The van der Waals surface area contributed by atoms with Gasteiger partial charge in [-0.15, -0.1) is 0 Å². The summed E-state index contributed by atoms with van der Waals surface area (Å²) in [7, 11) is 0. The Kier molecular flexibility index (Phi) is 5.93.